The number of nitrogens with zero attached hydrogens (tertiary/aromatic N) is 3. The van der Waals surface area contributed by atoms with Gasteiger partial charge >= 0.3 is 6.18 Å². The smallest absolute Gasteiger partial charge is 0.384 e. The normalized spacial score (nSPS) is 11.3. The molecule has 0 saturated carbocycles. The Bertz CT molecular complexity index is 1500. The third-order valence-corrected chi connectivity index (χ3v) is 5.46. The van der Waals surface area contributed by atoms with E-state index >= 15 is 0 Å². The highest BCUT2D eigenvalue weighted by Gasteiger charge is 2.33. The van der Waals surface area contributed by atoms with Crippen molar-refractivity contribution in [2.45, 2.75) is 13.1 Å². The zero-order valence-electron chi connectivity index (χ0n) is 18.7. The Hall–Kier alpha value is -4.47. The van der Waals surface area contributed by atoms with Crippen LogP contribution in [0.25, 0.3) is 22.4 Å². The minimum Gasteiger partial charge on any atom is -0.384 e. The maximum Gasteiger partial charge on any atom is 0.433 e. The van der Waals surface area contributed by atoms with E-state index in [0.29, 0.717) is 40.0 Å². The van der Waals surface area contributed by atoms with Gasteiger partial charge in [0.1, 0.15) is 11.5 Å². The van der Waals surface area contributed by atoms with Crippen LogP contribution in [0.15, 0.2) is 71.8 Å². The van der Waals surface area contributed by atoms with Crippen LogP contribution in [-0.4, -0.2) is 20.4 Å². The van der Waals surface area contributed by atoms with Crippen LogP contribution in [0.1, 0.15) is 21.6 Å². The number of rotatable bonds is 4. The molecule has 35 heavy (non-hydrogen) atoms. The molecule has 4 rings (SSSR count). The molecule has 0 atom stereocenters. The Morgan fingerprint density at radius 3 is 2.43 bits per heavy atom. The van der Waals surface area contributed by atoms with E-state index in [2.05, 4.69) is 15.3 Å². The lowest BCUT2D eigenvalue weighted by Crippen LogP contribution is -2.18. The summed E-state index contributed by atoms with van der Waals surface area (Å²) < 4.78 is 40.3. The molecule has 0 radical (unpaired) electrons. The van der Waals surface area contributed by atoms with Crippen LogP contribution < -0.4 is 16.6 Å². The highest BCUT2D eigenvalue weighted by molar-refractivity contribution is 6.04. The predicted molar refractivity (Wildman–Crippen MR) is 127 cm³/mol. The summed E-state index contributed by atoms with van der Waals surface area (Å²) in [6.45, 7) is 1.85. The van der Waals surface area contributed by atoms with Crippen molar-refractivity contribution in [2.24, 2.45) is 7.05 Å². The summed E-state index contributed by atoms with van der Waals surface area (Å²) in [4.78, 5) is 32.6. The second-order valence-electron chi connectivity index (χ2n) is 7.91. The molecular formula is C25H20F3N5O2. The van der Waals surface area contributed by atoms with Crippen molar-refractivity contribution in [2.75, 3.05) is 11.1 Å². The second kappa shape index (κ2) is 9.05. The van der Waals surface area contributed by atoms with E-state index in [1.165, 1.54) is 16.7 Å². The first-order valence-corrected chi connectivity index (χ1v) is 10.4. The van der Waals surface area contributed by atoms with Gasteiger partial charge in [-0.3, -0.25) is 14.6 Å². The summed E-state index contributed by atoms with van der Waals surface area (Å²) in [5, 5.41) is 2.61. The molecule has 3 N–H and O–H groups in total. The average Bonchev–Trinajstić information content (AvgIpc) is 2.81. The second-order valence-corrected chi connectivity index (χ2v) is 7.91. The number of aromatic nitrogens is 3. The molecule has 10 heteroatoms. The van der Waals surface area contributed by atoms with E-state index in [1.807, 2.05) is 13.0 Å². The molecule has 4 aromatic rings. The lowest BCUT2D eigenvalue weighted by Gasteiger charge is -2.14. The first-order valence-electron chi connectivity index (χ1n) is 10.4. The zero-order valence-corrected chi connectivity index (χ0v) is 18.7. The van der Waals surface area contributed by atoms with Gasteiger partial charge in [-0.05, 0) is 66.1 Å². The van der Waals surface area contributed by atoms with Crippen LogP contribution >= 0.6 is 0 Å². The highest BCUT2D eigenvalue weighted by atomic mass is 19.4. The van der Waals surface area contributed by atoms with Crippen molar-refractivity contribution >= 4 is 17.4 Å². The molecule has 0 fully saturated rings. The Labute approximate surface area is 198 Å². The van der Waals surface area contributed by atoms with Crippen molar-refractivity contribution in [3.8, 4) is 22.4 Å². The number of benzene rings is 1. The number of pyridine rings is 3. The lowest BCUT2D eigenvalue weighted by molar-refractivity contribution is -0.141. The van der Waals surface area contributed by atoms with E-state index in [4.69, 9.17) is 5.73 Å². The van der Waals surface area contributed by atoms with Gasteiger partial charge in [0.2, 0.25) is 0 Å². The summed E-state index contributed by atoms with van der Waals surface area (Å²) in [7, 11) is 1.64. The van der Waals surface area contributed by atoms with Gasteiger partial charge in [-0.2, -0.15) is 13.2 Å². The molecule has 3 heterocycles. The summed E-state index contributed by atoms with van der Waals surface area (Å²) in [5.41, 5.74) is 8.01. The number of aryl methyl sites for hydroxylation is 1. The Balaban J connectivity index is 1.70. The summed E-state index contributed by atoms with van der Waals surface area (Å²) in [6.07, 6.45) is -2.18. The SMILES string of the molecule is Cc1ccc(NC(=O)c2ccnc(C(F)(F)F)c2)cc1-c1cc(-c2ccnc(N)c2)n(C)c(=O)c1. The number of nitrogen functional groups attached to an aromatic ring is 1. The van der Waals surface area contributed by atoms with Gasteiger partial charge in [0.05, 0.1) is 5.69 Å². The molecule has 0 aliphatic heterocycles. The molecule has 0 saturated heterocycles. The topological polar surface area (TPSA) is 103 Å². The Kier molecular flexibility index (Phi) is 6.12. The number of nitrogens with two attached hydrogens (primary N) is 1. The number of carbonyl (C=O) groups is 1. The quantitative estimate of drug-likeness (QED) is 0.443. The molecule has 0 bridgehead atoms. The summed E-state index contributed by atoms with van der Waals surface area (Å²) in [5.74, 6) is -0.407. The molecule has 0 aliphatic carbocycles. The third kappa shape index (κ3) is 5.06. The number of alkyl halides is 3. The third-order valence-electron chi connectivity index (χ3n) is 5.46. The van der Waals surface area contributed by atoms with Gasteiger partial charge in [0.25, 0.3) is 11.5 Å². The van der Waals surface area contributed by atoms with Gasteiger partial charge in [0, 0.05) is 42.3 Å². The first-order chi connectivity index (χ1) is 16.5. The minimum absolute atomic E-state index is 0.180. The van der Waals surface area contributed by atoms with E-state index in [0.717, 1.165) is 11.8 Å². The van der Waals surface area contributed by atoms with E-state index in [-0.39, 0.29) is 11.1 Å². The molecule has 1 aromatic carbocycles. The van der Waals surface area contributed by atoms with E-state index < -0.39 is 17.8 Å². The first kappa shape index (κ1) is 23.7. The summed E-state index contributed by atoms with van der Waals surface area (Å²) >= 11 is 0. The highest BCUT2D eigenvalue weighted by Crippen LogP contribution is 2.30. The van der Waals surface area contributed by atoms with Crippen LogP contribution in [-0.2, 0) is 13.2 Å². The van der Waals surface area contributed by atoms with Gasteiger partial charge in [-0.1, -0.05) is 6.07 Å². The van der Waals surface area contributed by atoms with Crippen molar-refractivity contribution in [3.05, 3.63) is 94.2 Å². The minimum atomic E-state index is -4.66. The van der Waals surface area contributed by atoms with Crippen LogP contribution in [0.2, 0.25) is 0 Å². The largest absolute Gasteiger partial charge is 0.433 e. The number of hydrogen-bond acceptors (Lipinski definition) is 5. The van der Waals surface area contributed by atoms with Gasteiger partial charge in [-0.15, -0.1) is 0 Å². The number of nitrogens with one attached hydrogen (secondary N) is 1. The van der Waals surface area contributed by atoms with Crippen LogP contribution in [0.3, 0.4) is 0 Å². The predicted octanol–water partition coefficient (Wildman–Crippen LogP) is 4.67. The molecule has 0 aliphatic rings. The van der Waals surface area contributed by atoms with Gasteiger partial charge in [-0.25, -0.2) is 4.98 Å². The number of carbonyl (C=O) groups excluding carboxylic acids is 1. The zero-order chi connectivity index (χ0) is 25.3. The molecule has 1 amide bonds. The molecule has 7 nitrogen and oxygen atoms in total. The number of anilines is 2. The van der Waals surface area contributed by atoms with Gasteiger partial charge in [0.15, 0.2) is 0 Å². The average molecular weight is 479 g/mol. The van der Waals surface area contributed by atoms with Crippen LogP contribution in [0.5, 0.6) is 0 Å². The fraction of sp³-hybridized carbons (Fsp3) is 0.120. The fourth-order valence-corrected chi connectivity index (χ4v) is 3.62. The van der Waals surface area contributed by atoms with E-state index in [1.54, 1.807) is 43.6 Å². The Morgan fingerprint density at radius 1 is 0.971 bits per heavy atom. The monoisotopic (exact) mass is 479 g/mol. The van der Waals surface area contributed by atoms with Crippen molar-refractivity contribution in [1.29, 1.82) is 0 Å². The van der Waals surface area contributed by atoms with Crippen LogP contribution in [0, 0.1) is 6.92 Å². The fourth-order valence-electron chi connectivity index (χ4n) is 3.62. The standard InChI is InChI=1S/C25H20F3N5O2/c1-14-3-4-18(32-24(35)16-6-7-30-21(10-16)25(26,27)28)13-19(14)17-9-20(33(2)23(34)12-17)15-5-8-31-22(29)11-15/h3-13H,1-2H3,(H2,29,31)(H,32,35). The maximum absolute atomic E-state index is 12.9. The van der Waals surface area contributed by atoms with Crippen molar-refractivity contribution < 1.29 is 18.0 Å². The number of halogens is 3. The van der Waals surface area contributed by atoms with Gasteiger partial charge < -0.3 is 15.6 Å². The van der Waals surface area contributed by atoms with E-state index in [9.17, 15) is 22.8 Å². The number of amides is 1. The van der Waals surface area contributed by atoms with Crippen molar-refractivity contribution in [1.82, 2.24) is 14.5 Å². The Morgan fingerprint density at radius 2 is 1.71 bits per heavy atom. The molecule has 178 valence electrons. The molecular weight excluding hydrogens is 459 g/mol. The molecule has 0 unspecified atom stereocenters. The number of hydrogen-bond donors (Lipinski definition) is 2. The van der Waals surface area contributed by atoms with Crippen LogP contribution in [0.4, 0.5) is 24.7 Å². The van der Waals surface area contributed by atoms with Crippen molar-refractivity contribution in [3.63, 3.8) is 0 Å². The summed E-state index contributed by atoms with van der Waals surface area (Å²) in [6, 6.07) is 13.6. The molecule has 3 aromatic heterocycles. The lowest BCUT2D eigenvalue weighted by atomic mass is 9.98. The maximum atomic E-state index is 12.9. The molecule has 0 spiro atoms.